The molecule has 8 heteroatoms. The normalized spacial score (nSPS) is 10.6. The summed E-state index contributed by atoms with van der Waals surface area (Å²) in [6.45, 7) is 0. The number of aromatic amines is 1. The maximum atomic E-state index is 11.9. The number of anilines is 1. The molecule has 0 spiro atoms. The number of rotatable bonds is 6. The van der Waals surface area contributed by atoms with Gasteiger partial charge in [-0.25, -0.2) is 4.98 Å². The summed E-state index contributed by atoms with van der Waals surface area (Å²) in [6, 6.07) is 9.07. The summed E-state index contributed by atoms with van der Waals surface area (Å²) in [6.07, 6.45) is 2.65. The predicted octanol–water partition coefficient (Wildman–Crippen LogP) is 2.13. The molecular weight excluding hydrogens is 316 g/mol. The van der Waals surface area contributed by atoms with Crippen molar-refractivity contribution in [3.63, 3.8) is 0 Å². The molecule has 7 nitrogen and oxygen atoms in total. The molecule has 1 aromatic carbocycles. The Morgan fingerprint density at radius 2 is 2.04 bits per heavy atom. The summed E-state index contributed by atoms with van der Waals surface area (Å²) in [5.74, 6) is -1.44. The number of benzene rings is 1. The first-order chi connectivity index (χ1) is 11.1. The van der Waals surface area contributed by atoms with Crippen LogP contribution in [0.5, 0.6) is 0 Å². The molecule has 2 heterocycles. The minimum atomic E-state index is -0.722. The molecular formula is C15H12N4O3S. The highest BCUT2D eigenvalue weighted by Crippen LogP contribution is 2.29. The van der Waals surface area contributed by atoms with Crippen LogP contribution in [0.3, 0.4) is 0 Å². The van der Waals surface area contributed by atoms with Crippen LogP contribution in [0.25, 0.3) is 0 Å². The minimum Gasteiger partial charge on any atom is -0.457 e. The molecule has 2 aromatic heterocycles. The largest absolute Gasteiger partial charge is 0.457 e. The van der Waals surface area contributed by atoms with Gasteiger partial charge < -0.3 is 10.2 Å². The smallest absolute Gasteiger partial charge is 0.267 e. The van der Waals surface area contributed by atoms with Gasteiger partial charge in [0, 0.05) is 17.0 Å². The molecule has 0 aliphatic heterocycles. The number of nitrogens with one attached hydrogen (secondary N) is 1. The van der Waals surface area contributed by atoms with Gasteiger partial charge in [-0.05, 0) is 35.9 Å². The number of furan rings is 1. The van der Waals surface area contributed by atoms with Crippen LogP contribution in [-0.4, -0.2) is 26.7 Å². The van der Waals surface area contributed by atoms with Crippen LogP contribution in [0.2, 0.25) is 0 Å². The second-order valence-electron chi connectivity index (χ2n) is 4.70. The van der Waals surface area contributed by atoms with Crippen LogP contribution in [-0.2, 0) is 11.2 Å². The monoisotopic (exact) mass is 328 g/mol. The van der Waals surface area contributed by atoms with Gasteiger partial charge >= 0.3 is 0 Å². The number of Topliss-reactive ketones (excluding diaryl/α,β-unsaturated/α-hetero) is 2. The average molecular weight is 328 g/mol. The standard InChI is InChI=1S/C15H12N4O3S/c16-10-1-3-11(4-2-10)23-13-6-9(7-22-13)5-12(20)14(21)15-17-8-18-19-15/h1-4,6-8H,5,16H2,(H,17,18,19). The summed E-state index contributed by atoms with van der Waals surface area (Å²) >= 11 is 1.40. The van der Waals surface area contributed by atoms with Gasteiger partial charge in [-0.3, -0.25) is 14.7 Å². The third-order valence-corrected chi connectivity index (χ3v) is 3.89. The first-order valence-corrected chi connectivity index (χ1v) is 7.47. The SMILES string of the molecule is Nc1ccc(Sc2cc(CC(=O)C(=O)c3nc[nH]n3)co2)cc1. The van der Waals surface area contributed by atoms with Crippen molar-refractivity contribution >= 4 is 29.0 Å². The van der Waals surface area contributed by atoms with Gasteiger partial charge in [0.05, 0.1) is 6.26 Å². The van der Waals surface area contributed by atoms with E-state index in [-0.39, 0.29) is 12.2 Å². The fourth-order valence-electron chi connectivity index (χ4n) is 1.86. The molecule has 3 N–H and O–H groups in total. The van der Waals surface area contributed by atoms with Gasteiger partial charge in [0.25, 0.3) is 5.78 Å². The molecule has 0 unspecified atom stereocenters. The molecule has 0 bridgehead atoms. The number of ketones is 2. The summed E-state index contributed by atoms with van der Waals surface area (Å²) in [7, 11) is 0. The molecule has 0 aliphatic carbocycles. The molecule has 0 radical (unpaired) electrons. The Balaban J connectivity index is 1.64. The Kier molecular flexibility index (Phi) is 4.24. The van der Waals surface area contributed by atoms with Crippen LogP contribution in [0, 0.1) is 0 Å². The number of hydrogen-bond acceptors (Lipinski definition) is 7. The molecule has 3 aromatic rings. The van der Waals surface area contributed by atoms with Gasteiger partial charge in [0.2, 0.25) is 11.6 Å². The maximum absolute atomic E-state index is 11.9. The van der Waals surface area contributed by atoms with E-state index < -0.39 is 11.6 Å². The van der Waals surface area contributed by atoms with E-state index in [1.54, 1.807) is 18.2 Å². The molecule has 116 valence electrons. The maximum Gasteiger partial charge on any atom is 0.267 e. The highest BCUT2D eigenvalue weighted by molar-refractivity contribution is 7.99. The Hall–Kier alpha value is -2.87. The quantitative estimate of drug-likeness (QED) is 0.404. The van der Waals surface area contributed by atoms with Crippen molar-refractivity contribution in [2.24, 2.45) is 0 Å². The number of nitrogens with two attached hydrogens (primary N) is 1. The van der Waals surface area contributed by atoms with Crippen molar-refractivity contribution in [1.29, 1.82) is 0 Å². The Bertz CT molecular complexity index is 825. The van der Waals surface area contributed by atoms with Gasteiger partial charge in [-0.2, -0.15) is 0 Å². The number of nitrogen functional groups attached to an aromatic ring is 1. The van der Waals surface area contributed by atoms with Crippen molar-refractivity contribution in [2.75, 3.05) is 5.73 Å². The first-order valence-electron chi connectivity index (χ1n) is 6.66. The summed E-state index contributed by atoms with van der Waals surface area (Å²) in [4.78, 5) is 28.3. The molecule has 3 rings (SSSR count). The van der Waals surface area contributed by atoms with E-state index in [0.29, 0.717) is 16.3 Å². The molecule has 0 aliphatic rings. The lowest BCUT2D eigenvalue weighted by Gasteiger charge is -1.98. The van der Waals surface area contributed by atoms with E-state index in [4.69, 9.17) is 10.2 Å². The van der Waals surface area contributed by atoms with Gasteiger partial charge in [0.1, 0.15) is 6.33 Å². The lowest BCUT2D eigenvalue weighted by Crippen LogP contribution is -2.17. The Morgan fingerprint density at radius 1 is 1.26 bits per heavy atom. The van der Waals surface area contributed by atoms with Crippen LogP contribution >= 0.6 is 11.8 Å². The Morgan fingerprint density at radius 3 is 2.74 bits per heavy atom. The second-order valence-corrected chi connectivity index (χ2v) is 5.77. The number of nitrogens with zero attached hydrogens (tertiary/aromatic N) is 2. The molecule has 0 saturated carbocycles. The lowest BCUT2D eigenvalue weighted by molar-refractivity contribution is -0.114. The summed E-state index contributed by atoms with van der Waals surface area (Å²) < 4.78 is 5.40. The van der Waals surface area contributed by atoms with Crippen LogP contribution in [0.15, 0.2) is 57.3 Å². The van der Waals surface area contributed by atoms with Crippen molar-refractivity contribution in [3.8, 4) is 0 Å². The number of carbonyl (C=O) groups is 2. The van der Waals surface area contributed by atoms with E-state index in [1.165, 1.54) is 24.4 Å². The zero-order valence-corrected chi connectivity index (χ0v) is 12.7. The van der Waals surface area contributed by atoms with Crippen LogP contribution in [0.1, 0.15) is 16.2 Å². The highest BCUT2D eigenvalue weighted by Gasteiger charge is 2.20. The summed E-state index contributed by atoms with van der Waals surface area (Å²) in [5, 5.41) is 6.63. The molecule has 0 amide bonds. The molecule has 23 heavy (non-hydrogen) atoms. The van der Waals surface area contributed by atoms with E-state index in [1.807, 2.05) is 12.1 Å². The molecule has 0 atom stereocenters. The lowest BCUT2D eigenvalue weighted by atomic mass is 10.1. The van der Waals surface area contributed by atoms with Gasteiger partial charge in [-0.1, -0.05) is 11.8 Å². The van der Waals surface area contributed by atoms with E-state index >= 15 is 0 Å². The number of aromatic nitrogens is 3. The molecule has 0 saturated heterocycles. The van der Waals surface area contributed by atoms with Gasteiger partial charge in [-0.15, -0.1) is 5.10 Å². The number of carbonyl (C=O) groups excluding carboxylic acids is 2. The van der Waals surface area contributed by atoms with E-state index in [9.17, 15) is 9.59 Å². The third-order valence-electron chi connectivity index (χ3n) is 2.96. The number of H-pyrrole nitrogens is 1. The second kappa shape index (κ2) is 6.49. The van der Waals surface area contributed by atoms with Crippen molar-refractivity contribution in [3.05, 3.63) is 54.3 Å². The molecule has 0 fully saturated rings. The van der Waals surface area contributed by atoms with E-state index in [2.05, 4.69) is 15.2 Å². The highest BCUT2D eigenvalue weighted by atomic mass is 32.2. The van der Waals surface area contributed by atoms with Crippen molar-refractivity contribution in [2.45, 2.75) is 16.4 Å². The van der Waals surface area contributed by atoms with E-state index in [0.717, 1.165) is 4.90 Å². The minimum absolute atomic E-state index is 0.0564. The number of hydrogen-bond donors (Lipinski definition) is 2. The fraction of sp³-hybridized carbons (Fsp3) is 0.0667. The van der Waals surface area contributed by atoms with Crippen molar-refractivity contribution < 1.29 is 14.0 Å². The zero-order chi connectivity index (χ0) is 16.2. The summed E-state index contributed by atoms with van der Waals surface area (Å²) in [5.41, 5.74) is 6.94. The van der Waals surface area contributed by atoms with Crippen LogP contribution in [0.4, 0.5) is 5.69 Å². The van der Waals surface area contributed by atoms with Gasteiger partial charge in [0.15, 0.2) is 5.09 Å². The first kappa shape index (κ1) is 15.0. The third kappa shape index (κ3) is 3.67. The predicted molar refractivity (Wildman–Crippen MR) is 83.1 cm³/mol. The average Bonchev–Trinajstić information content (AvgIpc) is 3.21. The van der Waals surface area contributed by atoms with Crippen LogP contribution < -0.4 is 5.73 Å². The zero-order valence-electron chi connectivity index (χ0n) is 11.9. The topological polar surface area (TPSA) is 115 Å². The fourth-order valence-corrected chi connectivity index (χ4v) is 2.67. The Labute approximate surface area is 135 Å². The van der Waals surface area contributed by atoms with Crippen molar-refractivity contribution in [1.82, 2.24) is 15.2 Å².